The number of hydrogen-bond donors (Lipinski definition) is 0. The van der Waals surface area contributed by atoms with Crippen molar-refractivity contribution in [1.82, 2.24) is 0 Å². The average molecular weight is 246 g/mol. The zero-order valence-corrected chi connectivity index (χ0v) is 9.21. The van der Waals surface area contributed by atoms with Crippen molar-refractivity contribution in [2.24, 2.45) is 0 Å². The quantitative estimate of drug-likeness (QED) is 0.588. The maximum atomic E-state index is 10.8. The first kappa shape index (κ1) is 13.1. The van der Waals surface area contributed by atoms with E-state index in [9.17, 15) is 20.2 Å². The zero-order valence-electron chi connectivity index (χ0n) is 9.21. The van der Waals surface area contributed by atoms with Gasteiger partial charge in [0.15, 0.2) is 0 Å². The largest absolute Gasteiger partial charge is 0.290 e. The standard InChI is InChI=1S/C10H6N4O4/c1-6-8(2-3-11)9(13(15)16)4-7(5-12)10(6)14(17)18/h4H,2H2,1H3. The Kier molecular flexibility index (Phi) is 3.55. The molecule has 0 aliphatic carbocycles. The number of nitriles is 2. The molecular formula is C10H6N4O4. The lowest BCUT2D eigenvalue weighted by atomic mass is 9.98. The smallest absolute Gasteiger partial charge is 0.258 e. The molecular weight excluding hydrogens is 240 g/mol. The van der Waals surface area contributed by atoms with Crippen molar-refractivity contribution in [3.8, 4) is 12.1 Å². The normalized spacial score (nSPS) is 9.28. The molecule has 8 heteroatoms. The monoisotopic (exact) mass is 246 g/mol. The molecule has 0 N–H and O–H groups in total. The molecule has 0 saturated heterocycles. The minimum Gasteiger partial charge on any atom is -0.258 e. The topological polar surface area (TPSA) is 134 Å². The van der Waals surface area contributed by atoms with Crippen molar-refractivity contribution in [2.75, 3.05) is 0 Å². The van der Waals surface area contributed by atoms with Gasteiger partial charge in [-0.3, -0.25) is 20.2 Å². The number of nitrogens with zero attached hydrogens (tertiary/aromatic N) is 4. The molecule has 0 saturated carbocycles. The van der Waals surface area contributed by atoms with Crippen LogP contribution < -0.4 is 0 Å². The van der Waals surface area contributed by atoms with Crippen LogP contribution in [-0.4, -0.2) is 9.85 Å². The van der Waals surface area contributed by atoms with Gasteiger partial charge in [-0.05, 0) is 6.92 Å². The zero-order chi connectivity index (χ0) is 13.9. The highest BCUT2D eigenvalue weighted by atomic mass is 16.6. The van der Waals surface area contributed by atoms with Crippen molar-refractivity contribution >= 4 is 11.4 Å². The van der Waals surface area contributed by atoms with E-state index in [1.807, 2.05) is 0 Å². The molecule has 1 aromatic carbocycles. The Balaban J connectivity index is 3.76. The van der Waals surface area contributed by atoms with Crippen molar-refractivity contribution in [2.45, 2.75) is 13.3 Å². The maximum absolute atomic E-state index is 10.8. The summed E-state index contributed by atoms with van der Waals surface area (Å²) in [4.78, 5) is 20.1. The molecule has 0 spiro atoms. The highest BCUT2D eigenvalue weighted by Gasteiger charge is 2.28. The summed E-state index contributed by atoms with van der Waals surface area (Å²) in [5.41, 5.74) is -1.38. The third-order valence-electron chi connectivity index (χ3n) is 2.41. The van der Waals surface area contributed by atoms with Crippen LogP contribution in [0.15, 0.2) is 6.07 Å². The van der Waals surface area contributed by atoms with Gasteiger partial charge in [0.2, 0.25) is 0 Å². The number of nitro benzene ring substituents is 2. The van der Waals surface area contributed by atoms with Crippen molar-refractivity contribution < 1.29 is 9.85 Å². The van der Waals surface area contributed by atoms with Crippen LogP contribution in [0, 0.1) is 49.8 Å². The van der Waals surface area contributed by atoms with E-state index in [-0.39, 0.29) is 23.1 Å². The molecule has 0 amide bonds. The van der Waals surface area contributed by atoms with Gasteiger partial charge in [0.25, 0.3) is 11.4 Å². The summed E-state index contributed by atoms with van der Waals surface area (Å²) in [6.07, 6.45) is -0.325. The molecule has 18 heavy (non-hydrogen) atoms. The first-order chi connectivity index (χ1) is 8.43. The van der Waals surface area contributed by atoms with Gasteiger partial charge in [-0.2, -0.15) is 10.5 Å². The highest BCUT2D eigenvalue weighted by Crippen LogP contribution is 2.33. The van der Waals surface area contributed by atoms with E-state index < -0.39 is 21.2 Å². The third-order valence-corrected chi connectivity index (χ3v) is 2.41. The van der Waals surface area contributed by atoms with Crippen LogP contribution in [0.25, 0.3) is 0 Å². The van der Waals surface area contributed by atoms with E-state index in [2.05, 4.69) is 0 Å². The summed E-state index contributed by atoms with van der Waals surface area (Å²) in [5, 5.41) is 39.0. The second kappa shape index (κ2) is 4.89. The van der Waals surface area contributed by atoms with E-state index in [1.165, 1.54) is 6.92 Å². The summed E-state index contributed by atoms with van der Waals surface area (Å²) in [7, 11) is 0. The first-order valence-corrected chi connectivity index (χ1v) is 4.66. The van der Waals surface area contributed by atoms with Gasteiger partial charge in [-0.25, -0.2) is 0 Å². The molecule has 0 aliphatic rings. The fourth-order valence-corrected chi connectivity index (χ4v) is 1.61. The van der Waals surface area contributed by atoms with Crippen LogP contribution >= 0.6 is 0 Å². The molecule has 0 radical (unpaired) electrons. The summed E-state index contributed by atoms with van der Waals surface area (Å²) in [6, 6.07) is 4.10. The van der Waals surface area contributed by atoms with Gasteiger partial charge in [-0.15, -0.1) is 0 Å². The molecule has 1 aromatic rings. The molecule has 0 bridgehead atoms. The van der Waals surface area contributed by atoms with Gasteiger partial charge in [-0.1, -0.05) is 0 Å². The predicted molar refractivity (Wildman–Crippen MR) is 58.5 cm³/mol. The van der Waals surface area contributed by atoms with Gasteiger partial charge in [0.1, 0.15) is 11.6 Å². The van der Waals surface area contributed by atoms with Gasteiger partial charge in [0, 0.05) is 11.6 Å². The predicted octanol–water partition coefficient (Wildman–Crippen LogP) is 1.75. The first-order valence-electron chi connectivity index (χ1n) is 4.66. The lowest BCUT2D eigenvalue weighted by Crippen LogP contribution is -2.04. The Hall–Kier alpha value is -3.00. The van der Waals surface area contributed by atoms with Crippen LogP contribution in [0.3, 0.4) is 0 Å². The summed E-state index contributed by atoms with van der Waals surface area (Å²) in [5.74, 6) is 0. The Morgan fingerprint density at radius 2 is 1.89 bits per heavy atom. The van der Waals surface area contributed by atoms with Crippen LogP contribution in [0.4, 0.5) is 11.4 Å². The second-order valence-electron chi connectivity index (χ2n) is 3.36. The average Bonchev–Trinajstić information content (AvgIpc) is 2.30. The van der Waals surface area contributed by atoms with Crippen LogP contribution in [0.1, 0.15) is 16.7 Å². The molecule has 0 aromatic heterocycles. The van der Waals surface area contributed by atoms with E-state index in [4.69, 9.17) is 10.5 Å². The minimum atomic E-state index is -0.779. The molecule has 0 heterocycles. The van der Waals surface area contributed by atoms with E-state index in [1.54, 1.807) is 12.1 Å². The molecule has 1 rings (SSSR count). The second-order valence-corrected chi connectivity index (χ2v) is 3.36. The molecule has 0 aliphatic heterocycles. The van der Waals surface area contributed by atoms with Crippen LogP contribution in [0.5, 0.6) is 0 Å². The molecule has 0 unspecified atom stereocenters. The maximum Gasteiger partial charge on any atom is 0.290 e. The summed E-state index contributed by atoms with van der Waals surface area (Å²) >= 11 is 0. The molecule has 90 valence electrons. The van der Waals surface area contributed by atoms with Crippen molar-refractivity contribution in [1.29, 1.82) is 10.5 Å². The van der Waals surface area contributed by atoms with Crippen LogP contribution in [-0.2, 0) is 6.42 Å². The van der Waals surface area contributed by atoms with Gasteiger partial charge >= 0.3 is 0 Å². The fourth-order valence-electron chi connectivity index (χ4n) is 1.61. The fraction of sp³-hybridized carbons (Fsp3) is 0.200. The van der Waals surface area contributed by atoms with E-state index >= 15 is 0 Å². The molecule has 0 fully saturated rings. The SMILES string of the molecule is Cc1c(CC#N)c([N+](=O)[O-])cc(C#N)c1[N+](=O)[O-]. The number of rotatable bonds is 3. The van der Waals surface area contributed by atoms with Crippen molar-refractivity contribution in [3.05, 3.63) is 43.0 Å². The Morgan fingerprint density at radius 1 is 1.28 bits per heavy atom. The van der Waals surface area contributed by atoms with E-state index in [0.29, 0.717) is 0 Å². The van der Waals surface area contributed by atoms with Gasteiger partial charge < -0.3 is 0 Å². The Labute approximate surface area is 101 Å². The third kappa shape index (κ3) is 2.08. The lowest BCUT2D eigenvalue weighted by molar-refractivity contribution is -0.390. The number of nitro groups is 2. The van der Waals surface area contributed by atoms with Crippen LogP contribution in [0.2, 0.25) is 0 Å². The van der Waals surface area contributed by atoms with E-state index in [0.717, 1.165) is 6.07 Å². The lowest BCUT2D eigenvalue weighted by Gasteiger charge is -2.05. The molecule has 0 atom stereocenters. The molecule has 8 nitrogen and oxygen atoms in total. The number of hydrogen-bond acceptors (Lipinski definition) is 6. The summed E-state index contributed by atoms with van der Waals surface area (Å²) < 4.78 is 0. The van der Waals surface area contributed by atoms with Gasteiger partial charge in [0.05, 0.1) is 27.9 Å². The minimum absolute atomic E-state index is 0.0210. The Bertz CT molecular complexity index is 624. The highest BCUT2D eigenvalue weighted by molar-refractivity contribution is 5.64. The Morgan fingerprint density at radius 3 is 2.28 bits per heavy atom. The van der Waals surface area contributed by atoms with Crippen molar-refractivity contribution in [3.63, 3.8) is 0 Å². The summed E-state index contributed by atoms with van der Waals surface area (Å²) in [6.45, 7) is 1.29. The number of benzene rings is 1.